The van der Waals surface area contributed by atoms with E-state index < -0.39 is 98.2 Å². The van der Waals surface area contributed by atoms with Gasteiger partial charge in [0.05, 0.1) is 18.8 Å². The smallest absolute Gasteiger partial charge is 0.302 e. The normalized spacial score (nSPS) is 49.2. The van der Waals surface area contributed by atoms with E-state index in [9.17, 15) is 40.5 Å². The van der Waals surface area contributed by atoms with Crippen LogP contribution < -0.4 is 0 Å². The van der Waals surface area contributed by atoms with Crippen molar-refractivity contribution in [2.45, 2.75) is 187 Å². The van der Waals surface area contributed by atoms with Crippen LogP contribution in [-0.4, -0.2) is 129 Å². The summed E-state index contributed by atoms with van der Waals surface area (Å²) < 4.78 is 29.7. The van der Waals surface area contributed by atoms with Crippen LogP contribution in [0.3, 0.4) is 0 Å². The molecule has 0 spiro atoms. The summed E-state index contributed by atoms with van der Waals surface area (Å²) >= 11 is 0. The first kappa shape index (κ1) is 45.0. The molecule has 19 atom stereocenters. The summed E-state index contributed by atoms with van der Waals surface area (Å²) in [5.41, 5.74) is 2.04. The number of carbonyl (C=O) groups is 1. The number of esters is 1. The van der Waals surface area contributed by atoms with Gasteiger partial charge in [0.15, 0.2) is 12.6 Å². The minimum atomic E-state index is -1.78. The van der Waals surface area contributed by atoms with Gasteiger partial charge in [0, 0.05) is 6.92 Å². The number of allylic oxidation sites excluding steroid dienone is 3. The second-order valence-corrected chi connectivity index (χ2v) is 20.0. The standard InChI is InChI=1S/C44H72O13/c1-22(2)11-10-12-23(3)25-13-17-44(9)32(25)26(47)19-30-42(7)16-15-31(41(5,6)29(42)14-18-43(30,44)8)56-40-38(36(51)33(48)27(20-45)54-40)57-39-37(52)35(50)34(49)28(55-39)21-53-24(4)46/h11,25-40,45,47-52H,3,10,12-21H2,1-2,4-9H3/t25-,26?,27-,28-,29+,30?,31?,32?,33-,34-,35+,36+,37-,38-,39+,40+,42+,43-,44-/m1/s1. The number of hydrogen-bond donors (Lipinski definition) is 7. The van der Waals surface area contributed by atoms with Gasteiger partial charge in [-0.15, -0.1) is 0 Å². The first-order valence-electron chi connectivity index (χ1n) is 21.4. The fraction of sp³-hybridized carbons (Fsp3) is 0.886. The summed E-state index contributed by atoms with van der Waals surface area (Å²) in [7, 11) is 0. The molecule has 13 heteroatoms. The molecule has 0 amide bonds. The molecule has 7 N–H and O–H groups in total. The lowest BCUT2D eigenvalue weighted by Gasteiger charge is -2.70. The van der Waals surface area contributed by atoms with E-state index in [-0.39, 0.29) is 34.0 Å². The van der Waals surface area contributed by atoms with E-state index >= 15 is 0 Å². The number of carbonyl (C=O) groups excluding carboxylic acids is 1. The maximum atomic E-state index is 12.2. The summed E-state index contributed by atoms with van der Waals surface area (Å²) in [6.45, 7) is 20.7. The van der Waals surface area contributed by atoms with Crippen LogP contribution in [-0.2, 0) is 28.5 Å². The van der Waals surface area contributed by atoms with Gasteiger partial charge < -0.3 is 59.4 Å². The molecule has 0 aromatic heterocycles. The third kappa shape index (κ3) is 7.83. The van der Waals surface area contributed by atoms with Gasteiger partial charge in [0.25, 0.3) is 0 Å². The zero-order valence-corrected chi connectivity index (χ0v) is 35.4. The zero-order valence-electron chi connectivity index (χ0n) is 35.4. The van der Waals surface area contributed by atoms with E-state index in [2.05, 4.69) is 61.1 Å². The van der Waals surface area contributed by atoms with Crippen LogP contribution in [0.4, 0.5) is 0 Å². The van der Waals surface area contributed by atoms with Crippen molar-refractivity contribution in [1.29, 1.82) is 0 Å². The summed E-state index contributed by atoms with van der Waals surface area (Å²) in [5, 5.41) is 76.6. The Hall–Kier alpha value is -1.49. The van der Waals surface area contributed by atoms with E-state index in [1.165, 1.54) is 18.1 Å². The fourth-order valence-corrected chi connectivity index (χ4v) is 13.2. The summed E-state index contributed by atoms with van der Waals surface area (Å²) in [6, 6.07) is 0. The number of fused-ring (bicyclic) bond motifs is 5. The first-order valence-corrected chi connectivity index (χ1v) is 21.4. The number of aliphatic hydroxyl groups is 7. The fourth-order valence-electron chi connectivity index (χ4n) is 13.2. The third-order valence-electron chi connectivity index (χ3n) is 16.4. The molecular weight excluding hydrogens is 736 g/mol. The number of aliphatic hydroxyl groups excluding tert-OH is 7. The average Bonchev–Trinajstić information content (AvgIpc) is 3.52. The SMILES string of the molecule is C=C(CCC=C(C)C)[C@H]1CC[C@]2(C)C1C(O)CC1[C@@]3(C)CCC(O[C@@H]4O[C@H](CO)[C@@H](O)[C@H](O)[C@H]4O[C@@H]4O[C@H](COC(C)=O)[C@@H](O)[C@H](O)[C@H]4O)C(C)(C)[C@@H]3CC[C@]12C. The van der Waals surface area contributed by atoms with E-state index in [0.717, 1.165) is 51.4 Å². The quantitative estimate of drug-likeness (QED) is 0.0909. The van der Waals surface area contributed by atoms with Crippen molar-refractivity contribution in [3.63, 3.8) is 0 Å². The number of ether oxygens (including phenoxy) is 5. The second-order valence-electron chi connectivity index (χ2n) is 20.0. The van der Waals surface area contributed by atoms with Crippen molar-refractivity contribution < 1.29 is 64.2 Å². The largest absolute Gasteiger partial charge is 0.463 e. The third-order valence-corrected chi connectivity index (χ3v) is 16.4. The lowest BCUT2D eigenvalue weighted by molar-refractivity contribution is -0.378. The summed E-state index contributed by atoms with van der Waals surface area (Å²) in [4.78, 5) is 11.5. The predicted molar refractivity (Wildman–Crippen MR) is 209 cm³/mol. The Bertz CT molecular complexity index is 1480. The minimum Gasteiger partial charge on any atom is -0.463 e. The van der Waals surface area contributed by atoms with Crippen molar-refractivity contribution in [2.75, 3.05) is 13.2 Å². The molecule has 4 aliphatic carbocycles. The average molecular weight is 809 g/mol. The van der Waals surface area contributed by atoms with Crippen LogP contribution >= 0.6 is 0 Å². The molecule has 4 saturated carbocycles. The van der Waals surface area contributed by atoms with Gasteiger partial charge in [0.1, 0.15) is 55.4 Å². The maximum absolute atomic E-state index is 12.2. The molecule has 6 aliphatic rings. The molecule has 326 valence electrons. The van der Waals surface area contributed by atoms with Crippen LogP contribution in [0, 0.1) is 45.3 Å². The van der Waals surface area contributed by atoms with Gasteiger partial charge in [-0.25, -0.2) is 0 Å². The Morgan fingerprint density at radius 3 is 2.07 bits per heavy atom. The Kier molecular flexibility index (Phi) is 13.2. The Labute approximate surface area is 338 Å². The van der Waals surface area contributed by atoms with Crippen molar-refractivity contribution in [3.05, 3.63) is 23.8 Å². The molecule has 2 saturated heterocycles. The lowest BCUT2D eigenvalue weighted by Crippen LogP contribution is -2.67. The molecule has 0 radical (unpaired) electrons. The van der Waals surface area contributed by atoms with Crippen molar-refractivity contribution in [1.82, 2.24) is 0 Å². The molecule has 4 unspecified atom stereocenters. The van der Waals surface area contributed by atoms with E-state index in [4.69, 9.17) is 23.7 Å². The van der Waals surface area contributed by atoms with E-state index in [1.54, 1.807) is 0 Å². The molecule has 13 nitrogen and oxygen atoms in total. The van der Waals surface area contributed by atoms with Gasteiger partial charge in [-0.2, -0.15) is 0 Å². The van der Waals surface area contributed by atoms with E-state index in [1.807, 2.05) is 0 Å². The molecule has 6 fully saturated rings. The molecule has 2 heterocycles. The van der Waals surface area contributed by atoms with Crippen molar-refractivity contribution >= 4 is 5.97 Å². The highest BCUT2D eigenvalue weighted by atomic mass is 16.8. The summed E-state index contributed by atoms with van der Waals surface area (Å²) in [5.74, 6) is 0.343. The first-order chi connectivity index (χ1) is 26.6. The zero-order chi connectivity index (χ0) is 42.0. The topological polar surface area (TPSA) is 205 Å². The maximum Gasteiger partial charge on any atom is 0.302 e. The van der Waals surface area contributed by atoms with Crippen LogP contribution in [0.1, 0.15) is 113 Å². The number of hydrogen-bond acceptors (Lipinski definition) is 13. The van der Waals surface area contributed by atoms with Crippen LogP contribution in [0.2, 0.25) is 0 Å². The monoisotopic (exact) mass is 808 g/mol. The van der Waals surface area contributed by atoms with Gasteiger partial charge >= 0.3 is 5.97 Å². The minimum absolute atomic E-state index is 0.0210. The van der Waals surface area contributed by atoms with Crippen LogP contribution in [0.25, 0.3) is 0 Å². The van der Waals surface area contributed by atoms with Crippen LogP contribution in [0.15, 0.2) is 23.8 Å². The van der Waals surface area contributed by atoms with Gasteiger partial charge in [-0.1, -0.05) is 58.4 Å². The van der Waals surface area contributed by atoms with Gasteiger partial charge in [0.2, 0.25) is 0 Å². The second kappa shape index (κ2) is 16.8. The highest BCUT2D eigenvalue weighted by molar-refractivity contribution is 5.65. The molecule has 0 aromatic rings. The van der Waals surface area contributed by atoms with Crippen molar-refractivity contribution in [2.24, 2.45) is 45.3 Å². The highest BCUT2D eigenvalue weighted by Crippen LogP contribution is 2.75. The Balaban J connectivity index is 1.21. The molecular formula is C44H72O13. The predicted octanol–water partition coefficient (Wildman–Crippen LogP) is 3.53. The molecule has 2 aliphatic heterocycles. The number of rotatable bonds is 11. The van der Waals surface area contributed by atoms with Gasteiger partial charge in [-0.05, 0) is 117 Å². The van der Waals surface area contributed by atoms with Crippen molar-refractivity contribution in [3.8, 4) is 0 Å². The highest BCUT2D eigenvalue weighted by Gasteiger charge is 2.70. The molecule has 0 bridgehead atoms. The molecule has 0 aromatic carbocycles. The Morgan fingerprint density at radius 1 is 0.772 bits per heavy atom. The summed E-state index contributed by atoms with van der Waals surface area (Å²) in [6.07, 6.45) is -5.52. The van der Waals surface area contributed by atoms with Crippen LogP contribution in [0.5, 0.6) is 0 Å². The Morgan fingerprint density at radius 2 is 1.42 bits per heavy atom. The molecule has 57 heavy (non-hydrogen) atoms. The van der Waals surface area contributed by atoms with E-state index in [0.29, 0.717) is 12.3 Å². The lowest BCUT2D eigenvalue weighted by atomic mass is 9.35. The molecule has 6 rings (SSSR count). The van der Waals surface area contributed by atoms with Gasteiger partial charge in [-0.3, -0.25) is 4.79 Å².